The highest BCUT2D eigenvalue weighted by Gasteiger charge is 2.60. The van der Waals surface area contributed by atoms with Crippen LogP contribution in [0.1, 0.15) is 68.6 Å². The lowest BCUT2D eigenvalue weighted by Gasteiger charge is -2.22. The zero-order valence-corrected chi connectivity index (χ0v) is 22.1. The maximum absolute atomic E-state index is 15.5. The molecule has 2 fully saturated rings. The van der Waals surface area contributed by atoms with Crippen molar-refractivity contribution in [3.63, 3.8) is 0 Å². The topological polar surface area (TPSA) is 116 Å². The molecule has 1 amide bonds. The fourth-order valence-electron chi connectivity index (χ4n) is 5.82. The number of halogens is 3. The van der Waals surface area contributed by atoms with Crippen molar-refractivity contribution in [2.45, 2.75) is 63.2 Å². The quantitative estimate of drug-likeness (QED) is 0.384. The highest BCUT2D eigenvalue weighted by atomic mass is 19.3. The molecule has 9 nitrogen and oxygen atoms in total. The minimum Gasteiger partial charge on any atom is -0.313 e. The normalized spacial score (nSPS) is 20.4. The Bertz CT molecular complexity index is 1780. The molecule has 4 aromatic rings. The van der Waals surface area contributed by atoms with E-state index in [0.717, 1.165) is 17.4 Å². The zero-order chi connectivity index (χ0) is 28.6. The summed E-state index contributed by atoms with van der Waals surface area (Å²) in [5.41, 5.74) is 0.829. The number of benzene rings is 1. The lowest BCUT2D eigenvalue weighted by atomic mass is 9.94. The highest BCUT2D eigenvalue weighted by molar-refractivity contribution is 6.10. The van der Waals surface area contributed by atoms with Crippen LogP contribution in [0.2, 0.25) is 0 Å². The summed E-state index contributed by atoms with van der Waals surface area (Å²) in [6.45, 7) is 4.01. The summed E-state index contributed by atoms with van der Waals surface area (Å²) >= 11 is 0. The van der Waals surface area contributed by atoms with Crippen LogP contribution in [-0.4, -0.2) is 42.9 Å². The highest BCUT2D eigenvalue weighted by Crippen LogP contribution is 2.61. The third-order valence-corrected chi connectivity index (χ3v) is 7.83. The smallest absolute Gasteiger partial charge is 0.313 e. The lowest BCUT2D eigenvalue weighted by molar-refractivity contribution is -0.121. The molecule has 0 radical (unpaired) electrons. The number of nitrogens with zero attached hydrogens (tertiary/aromatic N) is 4. The molecular weight excluding hydrogens is 525 g/mol. The number of nitrogens with one attached hydrogen (secondary N) is 2. The average Bonchev–Trinajstić information content (AvgIpc) is 3.81. The van der Waals surface area contributed by atoms with Gasteiger partial charge in [0.05, 0.1) is 23.2 Å². The molecule has 12 heteroatoms. The van der Waals surface area contributed by atoms with E-state index in [2.05, 4.69) is 20.1 Å². The van der Waals surface area contributed by atoms with Crippen molar-refractivity contribution in [3.05, 3.63) is 80.1 Å². The van der Waals surface area contributed by atoms with Crippen molar-refractivity contribution in [3.8, 4) is 11.3 Å². The number of hydrogen-bond donors (Lipinski definition) is 2. The molecule has 0 unspecified atom stereocenters. The molecule has 2 atom stereocenters. The van der Waals surface area contributed by atoms with Crippen molar-refractivity contribution >= 4 is 17.2 Å². The molecule has 0 bridgehead atoms. The Balaban J connectivity index is 0.00000142. The van der Waals surface area contributed by atoms with Gasteiger partial charge in [-0.25, -0.2) is 27.5 Å². The zero-order valence-electron chi connectivity index (χ0n) is 22.1. The minimum atomic E-state index is -3.09. The average molecular weight is 553 g/mol. The van der Waals surface area contributed by atoms with Crippen LogP contribution in [0, 0.1) is 5.82 Å². The third-order valence-electron chi connectivity index (χ3n) is 7.83. The molecule has 1 aliphatic heterocycles. The Hall–Kier alpha value is -4.22. The van der Waals surface area contributed by atoms with Crippen molar-refractivity contribution in [2.75, 3.05) is 11.4 Å². The van der Waals surface area contributed by atoms with Gasteiger partial charge < -0.3 is 9.88 Å². The SMILES string of the molecule is CC.CC(F)(F)CN1C(=O)C2(CC2)c2cc(F)c([C@H]3C[C@@H]3c3cc(-c4c[nH]c(=O)[nH]c4=O)nn4ccnc34)cc21. The molecule has 0 saturated heterocycles. The maximum Gasteiger partial charge on any atom is 0.325 e. The van der Waals surface area contributed by atoms with Gasteiger partial charge in [-0.1, -0.05) is 13.8 Å². The Kier molecular flexibility index (Phi) is 5.79. The molecule has 3 aliphatic rings. The fourth-order valence-corrected chi connectivity index (χ4v) is 5.82. The molecule has 2 saturated carbocycles. The fraction of sp³-hybridized carbons (Fsp3) is 0.393. The van der Waals surface area contributed by atoms with Gasteiger partial charge >= 0.3 is 5.69 Å². The Morgan fingerprint density at radius 1 is 1.10 bits per heavy atom. The Labute approximate surface area is 226 Å². The van der Waals surface area contributed by atoms with Crippen molar-refractivity contribution in [2.24, 2.45) is 0 Å². The molecule has 3 aromatic heterocycles. The van der Waals surface area contributed by atoms with Gasteiger partial charge in [0.1, 0.15) is 5.82 Å². The van der Waals surface area contributed by atoms with E-state index < -0.39 is 34.9 Å². The number of amides is 1. The van der Waals surface area contributed by atoms with Gasteiger partial charge in [-0.15, -0.1) is 0 Å². The summed E-state index contributed by atoms with van der Waals surface area (Å²) in [6.07, 6.45) is 6.08. The van der Waals surface area contributed by atoms with E-state index in [-0.39, 0.29) is 23.3 Å². The van der Waals surface area contributed by atoms with Crippen LogP contribution < -0.4 is 16.1 Å². The molecule has 4 heterocycles. The predicted molar refractivity (Wildman–Crippen MR) is 141 cm³/mol. The largest absolute Gasteiger partial charge is 0.325 e. The van der Waals surface area contributed by atoms with Gasteiger partial charge in [0.25, 0.3) is 11.5 Å². The minimum absolute atomic E-state index is 0.159. The van der Waals surface area contributed by atoms with Crippen molar-refractivity contribution in [1.82, 2.24) is 24.6 Å². The first-order valence-electron chi connectivity index (χ1n) is 13.3. The van der Waals surface area contributed by atoms with E-state index in [0.29, 0.717) is 47.4 Å². The van der Waals surface area contributed by atoms with Gasteiger partial charge in [0, 0.05) is 36.8 Å². The van der Waals surface area contributed by atoms with Crippen molar-refractivity contribution in [1.29, 1.82) is 0 Å². The van der Waals surface area contributed by atoms with Crippen LogP contribution in [0.3, 0.4) is 0 Å². The van der Waals surface area contributed by atoms with Crippen LogP contribution in [0.4, 0.5) is 18.9 Å². The van der Waals surface area contributed by atoms with E-state index in [4.69, 9.17) is 0 Å². The molecule has 1 spiro atoms. The molecule has 2 aliphatic carbocycles. The van der Waals surface area contributed by atoms with E-state index in [1.807, 2.05) is 13.8 Å². The molecule has 40 heavy (non-hydrogen) atoms. The van der Waals surface area contributed by atoms with E-state index in [9.17, 15) is 23.2 Å². The predicted octanol–water partition coefficient (Wildman–Crippen LogP) is 4.24. The van der Waals surface area contributed by atoms with Crippen LogP contribution in [0.25, 0.3) is 16.9 Å². The Morgan fingerprint density at radius 3 is 2.50 bits per heavy atom. The van der Waals surface area contributed by atoms with Crippen LogP contribution in [0.5, 0.6) is 0 Å². The maximum atomic E-state index is 15.5. The number of aromatic nitrogens is 5. The summed E-state index contributed by atoms with van der Waals surface area (Å²) in [6, 6.07) is 4.61. The number of alkyl halides is 2. The van der Waals surface area contributed by atoms with Crippen LogP contribution in [-0.2, 0) is 10.2 Å². The van der Waals surface area contributed by atoms with Gasteiger partial charge in [0.15, 0.2) is 5.65 Å². The number of carbonyl (C=O) groups excluding carboxylic acids is 1. The number of carbonyl (C=O) groups is 1. The molecule has 2 N–H and O–H groups in total. The van der Waals surface area contributed by atoms with Gasteiger partial charge in [0.2, 0.25) is 5.91 Å². The Morgan fingerprint density at radius 2 is 1.82 bits per heavy atom. The lowest BCUT2D eigenvalue weighted by Crippen LogP contribution is -2.39. The second kappa shape index (κ2) is 8.90. The second-order valence-corrected chi connectivity index (χ2v) is 10.5. The van der Waals surface area contributed by atoms with Gasteiger partial charge in [-0.3, -0.25) is 14.6 Å². The molecular formula is C28H27F3N6O3. The summed E-state index contributed by atoms with van der Waals surface area (Å²) in [4.78, 5) is 47.0. The number of imidazole rings is 1. The number of hydrogen-bond acceptors (Lipinski definition) is 5. The summed E-state index contributed by atoms with van der Waals surface area (Å²) < 4.78 is 44.9. The van der Waals surface area contributed by atoms with Gasteiger partial charge in [-0.05, 0) is 60.4 Å². The monoisotopic (exact) mass is 552 g/mol. The summed E-state index contributed by atoms with van der Waals surface area (Å²) in [7, 11) is 0. The molecule has 208 valence electrons. The van der Waals surface area contributed by atoms with Crippen LogP contribution >= 0.6 is 0 Å². The van der Waals surface area contributed by atoms with E-state index in [1.54, 1.807) is 24.5 Å². The summed E-state index contributed by atoms with van der Waals surface area (Å²) in [5, 5.41) is 4.43. The number of aromatic amines is 2. The number of fused-ring (bicyclic) bond motifs is 3. The van der Waals surface area contributed by atoms with E-state index in [1.165, 1.54) is 16.8 Å². The molecule has 7 rings (SSSR count). The first-order valence-corrected chi connectivity index (χ1v) is 13.3. The van der Waals surface area contributed by atoms with Crippen LogP contribution in [0.15, 0.2) is 46.4 Å². The first kappa shape index (κ1) is 26.0. The standard InChI is InChI=1S/C26H21F3N6O3.C2H6/c1-25(28,29)11-34-20-8-14(18(27)9-17(20)26(2-3-26)23(34)37)12-6-13(12)15-7-19(33-35-5-4-30-21(15)35)16-10-31-24(38)32-22(16)36;1-2/h4-5,7-10,12-13H,2-3,6,11H2,1H3,(H2,31,32,36,38);1-2H3/t12-,13-;/m0./s1. The summed E-state index contributed by atoms with van der Waals surface area (Å²) in [5.74, 6) is -4.40. The number of rotatable bonds is 5. The first-order chi connectivity index (χ1) is 19.1. The van der Waals surface area contributed by atoms with E-state index >= 15 is 4.39 Å². The second-order valence-electron chi connectivity index (χ2n) is 10.5. The van der Waals surface area contributed by atoms with Gasteiger partial charge in [-0.2, -0.15) is 5.10 Å². The third kappa shape index (κ3) is 4.04. The molecule has 1 aromatic carbocycles. The van der Waals surface area contributed by atoms with Crippen molar-refractivity contribution < 1.29 is 18.0 Å². The number of H-pyrrole nitrogens is 2. The number of anilines is 1.